The van der Waals surface area contributed by atoms with Crippen LogP contribution >= 0.6 is 0 Å². The predicted octanol–water partition coefficient (Wildman–Crippen LogP) is -0.346. The molecule has 0 aromatic rings. The van der Waals surface area contributed by atoms with E-state index in [0.717, 1.165) is 19.3 Å². The summed E-state index contributed by atoms with van der Waals surface area (Å²) in [5.74, 6) is 0. The average molecular weight is 221 g/mol. The van der Waals surface area contributed by atoms with Crippen molar-refractivity contribution in [2.45, 2.75) is 32.2 Å². The second-order valence-electron chi connectivity index (χ2n) is 3.72. The molecule has 0 aromatic heterocycles. The van der Waals surface area contributed by atoms with Gasteiger partial charge in [-0.3, -0.25) is 0 Å². The zero-order chi connectivity index (χ0) is 10.6. The minimum absolute atomic E-state index is 0.193. The Morgan fingerprint density at radius 1 is 1.36 bits per heavy atom. The Balaban J connectivity index is 2.54. The van der Waals surface area contributed by atoms with E-state index in [0.29, 0.717) is 19.6 Å². The van der Waals surface area contributed by atoms with Gasteiger partial charge in [-0.1, -0.05) is 6.42 Å². The predicted molar refractivity (Wildman–Crippen MR) is 56.0 cm³/mol. The van der Waals surface area contributed by atoms with Crippen molar-refractivity contribution in [2.75, 3.05) is 19.6 Å². The molecule has 84 valence electrons. The van der Waals surface area contributed by atoms with Crippen LogP contribution in [0.1, 0.15) is 26.2 Å². The lowest BCUT2D eigenvalue weighted by Gasteiger charge is -2.27. The van der Waals surface area contributed by atoms with Crippen molar-refractivity contribution in [3.8, 4) is 0 Å². The third kappa shape index (κ3) is 3.20. The standard InChI is InChI=1S/C8H19N3O2S/c1-8(7-9)10-14(12,13)11-5-3-2-4-6-11/h8,10H,2-7,9H2,1H3/t8-/m0/s1. The van der Waals surface area contributed by atoms with Crippen LogP contribution in [0.5, 0.6) is 0 Å². The van der Waals surface area contributed by atoms with E-state index in [2.05, 4.69) is 4.72 Å². The zero-order valence-corrected chi connectivity index (χ0v) is 9.39. The molecule has 0 aromatic carbocycles. The molecule has 1 heterocycles. The fraction of sp³-hybridized carbons (Fsp3) is 1.00. The largest absolute Gasteiger partial charge is 0.329 e. The first-order chi connectivity index (χ1) is 6.56. The third-order valence-corrected chi connectivity index (χ3v) is 4.10. The van der Waals surface area contributed by atoms with Gasteiger partial charge in [-0.2, -0.15) is 17.4 Å². The molecule has 1 atom stereocenters. The summed E-state index contributed by atoms with van der Waals surface area (Å²) in [6, 6.07) is -0.193. The second-order valence-corrected chi connectivity index (χ2v) is 5.42. The fourth-order valence-corrected chi connectivity index (χ4v) is 2.97. The number of nitrogens with two attached hydrogens (primary N) is 1. The molecule has 0 spiro atoms. The van der Waals surface area contributed by atoms with Crippen LogP contribution in [0.15, 0.2) is 0 Å². The van der Waals surface area contributed by atoms with E-state index in [-0.39, 0.29) is 6.04 Å². The lowest BCUT2D eigenvalue weighted by Crippen LogP contribution is -2.48. The molecule has 1 saturated heterocycles. The van der Waals surface area contributed by atoms with E-state index in [1.807, 2.05) is 0 Å². The minimum Gasteiger partial charge on any atom is -0.329 e. The van der Waals surface area contributed by atoms with Crippen LogP contribution in [0.2, 0.25) is 0 Å². The molecule has 1 fully saturated rings. The molecule has 5 nitrogen and oxygen atoms in total. The Morgan fingerprint density at radius 2 is 1.93 bits per heavy atom. The number of piperidine rings is 1. The van der Waals surface area contributed by atoms with Gasteiger partial charge in [-0.05, 0) is 19.8 Å². The van der Waals surface area contributed by atoms with Crippen molar-refractivity contribution < 1.29 is 8.42 Å². The summed E-state index contributed by atoms with van der Waals surface area (Å²) in [6.45, 7) is 3.35. The summed E-state index contributed by atoms with van der Waals surface area (Å²) in [4.78, 5) is 0. The molecule has 0 aliphatic carbocycles. The van der Waals surface area contributed by atoms with E-state index in [1.165, 1.54) is 4.31 Å². The first kappa shape index (κ1) is 11.9. The highest BCUT2D eigenvalue weighted by Crippen LogP contribution is 2.11. The Labute approximate surface area is 85.8 Å². The van der Waals surface area contributed by atoms with Crippen molar-refractivity contribution in [3.63, 3.8) is 0 Å². The molecule has 1 aliphatic rings. The number of hydrogen-bond acceptors (Lipinski definition) is 3. The topological polar surface area (TPSA) is 75.4 Å². The maximum Gasteiger partial charge on any atom is 0.279 e. The van der Waals surface area contributed by atoms with Gasteiger partial charge in [0.05, 0.1) is 0 Å². The molecule has 0 amide bonds. The molecule has 0 saturated carbocycles. The molecule has 3 N–H and O–H groups in total. The molecule has 14 heavy (non-hydrogen) atoms. The summed E-state index contributed by atoms with van der Waals surface area (Å²) >= 11 is 0. The first-order valence-corrected chi connectivity index (χ1v) is 6.48. The summed E-state index contributed by atoms with van der Waals surface area (Å²) in [6.07, 6.45) is 3.04. The summed E-state index contributed by atoms with van der Waals surface area (Å²) < 4.78 is 27.5. The lowest BCUT2D eigenvalue weighted by molar-refractivity contribution is 0.339. The van der Waals surface area contributed by atoms with E-state index in [1.54, 1.807) is 6.92 Å². The Kier molecular flexibility index (Phi) is 4.31. The van der Waals surface area contributed by atoms with Gasteiger partial charge < -0.3 is 5.73 Å². The van der Waals surface area contributed by atoms with Crippen molar-refractivity contribution in [1.82, 2.24) is 9.03 Å². The summed E-state index contributed by atoms with van der Waals surface area (Å²) in [5.41, 5.74) is 5.36. The van der Waals surface area contributed by atoms with Gasteiger partial charge in [0.1, 0.15) is 0 Å². The SMILES string of the molecule is C[C@@H](CN)NS(=O)(=O)N1CCCCC1. The highest BCUT2D eigenvalue weighted by atomic mass is 32.2. The molecular formula is C8H19N3O2S. The summed E-state index contributed by atoms with van der Waals surface area (Å²) in [5, 5.41) is 0. The van der Waals surface area contributed by atoms with Crippen LogP contribution in [0.3, 0.4) is 0 Å². The normalized spacial score (nSPS) is 22.1. The fourth-order valence-electron chi connectivity index (χ4n) is 1.48. The Morgan fingerprint density at radius 3 is 2.43 bits per heavy atom. The third-order valence-electron chi connectivity index (χ3n) is 2.36. The first-order valence-electron chi connectivity index (χ1n) is 5.04. The highest BCUT2D eigenvalue weighted by molar-refractivity contribution is 7.87. The number of hydrogen-bond donors (Lipinski definition) is 2. The van der Waals surface area contributed by atoms with Crippen molar-refractivity contribution >= 4 is 10.2 Å². The van der Waals surface area contributed by atoms with Gasteiger partial charge in [-0.15, -0.1) is 0 Å². The maximum atomic E-state index is 11.7. The minimum atomic E-state index is -3.29. The van der Waals surface area contributed by atoms with Crippen LogP contribution in [-0.4, -0.2) is 38.4 Å². The van der Waals surface area contributed by atoms with Gasteiger partial charge >= 0.3 is 0 Å². The van der Waals surface area contributed by atoms with Gasteiger partial charge in [-0.25, -0.2) is 0 Å². The van der Waals surface area contributed by atoms with Crippen LogP contribution < -0.4 is 10.5 Å². The monoisotopic (exact) mass is 221 g/mol. The van der Waals surface area contributed by atoms with E-state index < -0.39 is 10.2 Å². The van der Waals surface area contributed by atoms with Gasteiger partial charge in [0.2, 0.25) is 0 Å². The molecule has 0 unspecified atom stereocenters. The molecule has 1 aliphatic heterocycles. The van der Waals surface area contributed by atoms with Crippen LogP contribution in [0, 0.1) is 0 Å². The lowest BCUT2D eigenvalue weighted by atomic mass is 10.2. The van der Waals surface area contributed by atoms with E-state index >= 15 is 0 Å². The van der Waals surface area contributed by atoms with Crippen LogP contribution in [0.25, 0.3) is 0 Å². The molecule has 1 rings (SSSR count). The zero-order valence-electron chi connectivity index (χ0n) is 8.57. The number of rotatable bonds is 4. The molecule has 0 radical (unpaired) electrons. The number of nitrogens with one attached hydrogen (secondary N) is 1. The average Bonchev–Trinajstić information content (AvgIpc) is 2.18. The molecule has 6 heteroatoms. The summed E-state index contributed by atoms with van der Waals surface area (Å²) in [7, 11) is -3.29. The smallest absolute Gasteiger partial charge is 0.279 e. The molecule has 0 bridgehead atoms. The Bertz CT molecular complexity index is 260. The van der Waals surface area contributed by atoms with E-state index in [9.17, 15) is 8.42 Å². The van der Waals surface area contributed by atoms with Gasteiger partial charge in [0.25, 0.3) is 10.2 Å². The van der Waals surface area contributed by atoms with Crippen LogP contribution in [0.4, 0.5) is 0 Å². The van der Waals surface area contributed by atoms with Crippen molar-refractivity contribution in [3.05, 3.63) is 0 Å². The van der Waals surface area contributed by atoms with Gasteiger partial charge in [0.15, 0.2) is 0 Å². The quantitative estimate of drug-likeness (QED) is 0.681. The van der Waals surface area contributed by atoms with E-state index in [4.69, 9.17) is 5.73 Å². The Hall–Kier alpha value is -0.170. The second kappa shape index (κ2) is 5.06. The van der Waals surface area contributed by atoms with Gasteiger partial charge in [0, 0.05) is 25.7 Å². The molecular weight excluding hydrogens is 202 g/mol. The van der Waals surface area contributed by atoms with Crippen molar-refractivity contribution in [1.29, 1.82) is 0 Å². The highest BCUT2D eigenvalue weighted by Gasteiger charge is 2.24. The van der Waals surface area contributed by atoms with Crippen molar-refractivity contribution in [2.24, 2.45) is 5.73 Å². The maximum absolute atomic E-state index is 11.7. The number of nitrogens with zero attached hydrogens (tertiary/aromatic N) is 1. The van der Waals surface area contributed by atoms with Crippen LogP contribution in [-0.2, 0) is 10.2 Å².